The van der Waals surface area contributed by atoms with Gasteiger partial charge in [-0.15, -0.1) is 0 Å². The topological polar surface area (TPSA) is 55.5 Å². The molecule has 0 aliphatic rings. The van der Waals surface area contributed by atoms with Gasteiger partial charge in [0.25, 0.3) is 0 Å². The van der Waals surface area contributed by atoms with E-state index in [2.05, 4.69) is 0 Å². The lowest BCUT2D eigenvalue weighted by molar-refractivity contribution is 0.147. The Hall–Kier alpha value is -1.62. The summed E-state index contributed by atoms with van der Waals surface area (Å²) < 4.78 is 18.4. The van der Waals surface area contributed by atoms with E-state index in [9.17, 15) is 9.50 Å². The molecule has 2 atom stereocenters. The van der Waals surface area contributed by atoms with Gasteiger partial charge in [-0.25, -0.2) is 4.39 Å². The molecule has 0 spiro atoms. The minimum Gasteiger partial charge on any atom is -0.497 e. The van der Waals surface area contributed by atoms with Gasteiger partial charge in [-0.05, 0) is 35.4 Å². The summed E-state index contributed by atoms with van der Waals surface area (Å²) in [7, 11) is 1.58. The molecule has 5 heteroatoms. The Morgan fingerprint density at radius 1 is 1.24 bits per heavy atom. The maximum absolute atomic E-state index is 13.2. The Bertz CT molecular complexity index is 621. The molecule has 0 saturated heterocycles. The number of aliphatic hydroxyl groups excluding tert-OH is 1. The first kappa shape index (κ1) is 15.8. The van der Waals surface area contributed by atoms with E-state index in [1.54, 1.807) is 7.11 Å². The van der Waals surface area contributed by atoms with Crippen molar-refractivity contribution in [1.82, 2.24) is 0 Å². The van der Waals surface area contributed by atoms with Crippen molar-refractivity contribution in [3.63, 3.8) is 0 Å². The summed E-state index contributed by atoms with van der Waals surface area (Å²) in [5.74, 6) is -0.157. The molecule has 0 radical (unpaired) electrons. The molecule has 2 rings (SSSR count). The van der Waals surface area contributed by atoms with Gasteiger partial charge in [0.05, 0.1) is 18.2 Å². The molecule has 112 valence electrons. The van der Waals surface area contributed by atoms with E-state index in [4.69, 9.17) is 22.1 Å². The van der Waals surface area contributed by atoms with E-state index in [1.807, 2.05) is 24.3 Å². The zero-order chi connectivity index (χ0) is 15.4. The Labute approximate surface area is 128 Å². The first-order chi connectivity index (χ1) is 10.1. The maximum Gasteiger partial charge on any atom is 0.141 e. The molecular formula is C16H17ClFNO2. The molecule has 0 heterocycles. The van der Waals surface area contributed by atoms with Gasteiger partial charge in [-0.2, -0.15) is 0 Å². The van der Waals surface area contributed by atoms with E-state index in [0.29, 0.717) is 11.3 Å². The summed E-state index contributed by atoms with van der Waals surface area (Å²) in [6.07, 6.45) is -0.875. The van der Waals surface area contributed by atoms with Crippen LogP contribution in [-0.4, -0.2) is 18.8 Å². The van der Waals surface area contributed by atoms with Gasteiger partial charge >= 0.3 is 0 Å². The number of benzene rings is 2. The van der Waals surface area contributed by atoms with Crippen LogP contribution in [0.15, 0.2) is 42.5 Å². The van der Waals surface area contributed by atoms with Crippen molar-refractivity contribution in [3.8, 4) is 5.75 Å². The molecule has 3 nitrogen and oxygen atoms in total. The number of methoxy groups -OCH3 is 1. The fourth-order valence-electron chi connectivity index (χ4n) is 2.25. The maximum atomic E-state index is 13.2. The van der Waals surface area contributed by atoms with Crippen LogP contribution in [0.5, 0.6) is 5.75 Å². The monoisotopic (exact) mass is 309 g/mol. The molecule has 2 aromatic rings. The van der Waals surface area contributed by atoms with Crippen LogP contribution in [-0.2, 0) is 0 Å². The fraction of sp³-hybridized carbons (Fsp3) is 0.250. The number of hydrogen-bond acceptors (Lipinski definition) is 3. The second kappa shape index (κ2) is 6.89. The smallest absolute Gasteiger partial charge is 0.141 e. The zero-order valence-electron chi connectivity index (χ0n) is 11.6. The van der Waals surface area contributed by atoms with Gasteiger partial charge in [-0.1, -0.05) is 29.8 Å². The van der Waals surface area contributed by atoms with Crippen molar-refractivity contribution < 1.29 is 14.2 Å². The third kappa shape index (κ3) is 3.53. The van der Waals surface area contributed by atoms with Crippen LogP contribution in [0, 0.1) is 5.82 Å². The van der Waals surface area contributed by atoms with Gasteiger partial charge in [0.15, 0.2) is 0 Å². The summed E-state index contributed by atoms with van der Waals surface area (Å²) >= 11 is 5.76. The van der Waals surface area contributed by atoms with Crippen LogP contribution in [0.1, 0.15) is 23.1 Å². The van der Waals surface area contributed by atoms with Crippen LogP contribution in [0.25, 0.3) is 0 Å². The standard InChI is InChI=1S/C16H17ClFNO2/c1-21-12-4-2-3-10(7-12)13(9-19)16(20)11-5-6-15(18)14(17)8-11/h2-8,13,16,20H,9,19H2,1H3. The van der Waals surface area contributed by atoms with Crippen LogP contribution in [0.3, 0.4) is 0 Å². The molecule has 0 fully saturated rings. The highest BCUT2D eigenvalue weighted by molar-refractivity contribution is 6.30. The van der Waals surface area contributed by atoms with E-state index in [1.165, 1.54) is 18.2 Å². The van der Waals surface area contributed by atoms with E-state index >= 15 is 0 Å². The second-order valence-corrected chi connectivity index (χ2v) is 5.14. The number of aliphatic hydroxyl groups is 1. The SMILES string of the molecule is COc1cccc(C(CN)C(O)c2ccc(F)c(Cl)c2)c1. The lowest BCUT2D eigenvalue weighted by Crippen LogP contribution is -2.20. The van der Waals surface area contributed by atoms with Crippen LogP contribution < -0.4 is 10.5 Å². The highest BCUT2D eigenvalue weighted by Crippen LogP contribution is 2.33. The van der Waals surface area contributed by atoms with Gasteiger partial charge in [0.2, 0.25) is 0 Å². The Balaban J connectivity index is 2.32. The molecule has 0 saturated carbocycles. The van der Waals surface area contributed by atoms with Gasteiger partial charge in [-0.3, -0.25) is 0 Å². The Morgan fingerprint density at radius 2 is 2.00 bits per heavy atom. The molecule has 21 heavy (non-hydrogen) atoms. The van der Waals surface area contributed by atoms with Crippen molar-refractivity contribution in [2.45, 2.75) is 12.0 Å². The number of ether oxygens (including phenoxy) is 1. The first-order valence-corrected chi connectivity index (χ1v) is 6.91. The molecule has 0 aromatic heterocycles. The largest absolute Gasteiger partial charge is 0.497 e. The summed E-state index contributed by atoms with van der Waals surface area (Å²) in [6, 6.07) is 11.5. The number of hydrogen-bond donors (Lipinski definition) is 2. The van der Waals surface area contributed by atoms with Gasteiger partial charge in [0.1, 0.15) is 11.6 Å². The third-order valence-corrected chi connectivity index (χ3v) is 3.73. The molecular weight excluding hydrogens is 293 g/mol. The van der Waals surface area contributed by atoms with Crippen molar-refractivity contribution >= 4 is 11.6 Å². The number of rotatable bonds is 5. The minimum atomic E-state index is -0.875. The van der Waals surface area contributed by atoms with Crippen LogP contribution in [0.2, 0.25) is 5.02 Å². The van der Waals surface area contributed by atoms with Gasteiger partial charge in [0, 0.05) is 12.5 Å². The Morgan fingerprint density at radius 3 is 2.62 bits per heavy atom. The van der Waals surface area contributed by atoms with E-state index in [-0.39, 0.29) is 17.5 Å². The van der Waals surface area contributed by atoms with Crippen molar-refractivity contribution in [1.29, 1.82) is 0 Å². The molecule has 0 aliphatic carbocycles. The van der Waals surface area contributed by atoms with E-state index < -0.39 is 11.9 Å². The summed E-state index contributed by atoms with van der Waals surface area (Å²) in [5.41, 5.74) is 7.17. The molecule has 3 N–H and O–H groups in total. The van der Waals surface area contributed by atoms with Crippen LogP contribution in [0.4, 0.5) is 4.39 Å². The summed E-state index contributed by atoms with van der Waals surface area (Å²) in [4.78, 5) is 0. The average molecular weight is 310 g/mol. The summed E-state index contributed by atoms with van der Waals surface area (Å²) in [5, 5.41) is 10.5. The van der Waals surface area contributed by atoms with Crippen molar-refractivity contribution in [2.24, 2.45) is 5.73 Å². The predicted molar refractivity (Wildman–Crippen MR) is 81.2 cm³/mol. The predicted octanol–water partition coefficient (Wildman–Crippen LogP) is 3.26. The van der Waals surface area contributed by atoms with Crippen molar-refractivity contribution in [2.75, 3.05) is 13.7 Å². The fourth-order valence-corrected chi connectivity index (χ4v) is 2.44. The van der Waals surface area contributed by atoms with Crippen molar-refractivity contribution in [3.05, 3.63) is 64.4 Å². The molecule has 2 aromatic carbocycles. The average Bonchev–Trinajstić information content (AvgIpc) is 2.51. The highest BCUT2D eigenvalue weighted by Gasteiger charge is 2.22. The lowest BCUT2D eigenvalue weighted by atomic mass is 9.89. The van der Waals surface area contributed by atoms with Crippen LogP contribution >= 0.6 is 11.6 Å². The third-order valence-electron chi connectivity index (χ3n) is 3.44. The highest BCUT2D eigenvalue weighted by atomic mass is 35.5. The second-order valence-electron chi connectivity index (χ2n) is 4.74. The lowest BCUT2D eigenvalue weighted by Gasteiger charge is -2.23. The zero-order valence-corrected chi connectivity index (χ0v) is 12.3. The molecule has 0 bridgehead atoms. The minimum absolute atomic E-state index is 0.0204. The number of halogens is 2. The molecule has 0 amide bonds. The first-order valence-electron chi connectivity index (χ1n) is 6.54. The van der Waals surface area contributed by atoms with E-state index in [0.717, 1.165) is 5.56 Å². The quantitative estimate of drug-likeness (QED) is 0.891. The Kier molecular flexibility index (Phi) is 5.17. The normalized spacial score (nSPS) is 13.8. The number of nitrogens with two attached hydrogens (primary N) is 1. The summed E-state index contributed by atoms with van der Waals surface area (Å²) in [6.45, 7) is 0.239. The van der Waals surface area contributed by atoms with Gasteiger partial charge < -0.3 is 15.6 Å². The molecule has 2 unspecified atom stereocenters. The molecule has 0 aliphatic heterocycles.